The minimum Gasteiger partial charge on any atom is -0.507 e. The number of nitrogens with zero attached hydrogens (tertiary/aromatic N) is 1. The van der Waals surface area contributed by atoms with E-state index >= 15 is 0 Å². The number of aryl methyl sites for hydroxylation is 1. The predicted molar refractivity (Wildman–Crippen MR) is 126 cm³/mol. The molecule has 2 unspecified atom stereocenters. The molecule has 1 fully saturated rings. The van der Waals surface area contributed by atoms with Crippen LogP contribution in [0.3, 0.4) is 0 Å². The normalized spacial score (nSPS) is 20.0. The number of aromatic hydroxyl groups is 1. The molecule has 0 bridgehead atoms. The second-order valence-corrected chi connectivity index (χ2v) is 9.81. The second-order valence-electron chi connectivity index (χ2n) is 8.49. The lowest BCUT2D eigenvalue weighted by Gasteiger charge is -2.27. The molecule has 1 aliphatic heterocycles. The molecule has 2 aromatic rings. The van der Waals surface area contributed by atoms with E-state index in [0.717, 1.165) is 24.7 Å². The molecule has 2 aliphatic rings. The van der Waals surface area contributed by atoms with Gasteiger partial charge in [-0.3, -0.25) is 4.90 Å². The minimum atomic E-state index is 0.427. The van der Waals surface area contributed by atoms with E-state index in [-0.39, 0.29) is 0 Å². The Kier molecular flexibility index (Phi) is 6.85. The molecule has 4 rings (SSSR count). The van der Waals surface area contributed by atoms with Crippen LogP contribution >= 0.6 is 8.58 Å². The van der Waals surface area contributed by atoms with Crippen molar-refractivity contribution in [3.05, 3.63) is 77.4 Å². The van der Waals surface area contributed by atoms with Gasteiger partial charge in [-0.1, -0.05) is 69.1 Å². The van der Waals surface area contributed by atoms with Crippen LogP contribution in [0.4, 0.5) is 0 Å². The van der Waals surface area contributed by atoms with Crippen LogP contribution in [0.1, 0.15) is 42.4 Å². The summed E-state index contributed by atoms with van der Waals surface area (Å²) in [5.74, 6) is 0.991. The number of likely N-dealkylation sites (tertiary alicyclic amines) is 1. The van der Waals surface area contributed by atoms with Gasteiger partial charge in [-0.2, -0.15) is 0 Å². The number of benzene rings is 2. The van der Waals surface area contributed by atoms with Gasteiger partial charge in [0.05, 0.1) is 0 Å². The highest BCUT2D eigenvalue weighted by Crippen LogP contribution is 2.25. The molecule has 2 nitrogen and oxygen atoms in total. The molecule has 0 amide bonds. The maximum atomic E-state index is 10.5. The van der Waals surface area contributed by atoms with E-state index in [1.165, 1.54) is 54.3 Å². The van der Waals surface area contributed by atoms with Crippen molar-refractivity contribution in [2.45, 2.75) is 45.6 Å². The predicted octanol–water partition coefficient (Wildman–Crippen LogP) is 4.99. The second kappa shape index (κ2) is 9.74. The summed E-state index contributed by atoms with van der Waals surface area (Å²) < 4.78 is 0. The largest absolute Gasteiger partial charge is 0.507 e. The van der Waals surface area contributed by atoms with Gasteiger partial charge in [-0.05, 0) is 80.2 Å². The van der Waals surface area contributed by atoms with Gasteiger partial charge >= 0.3 is 0 Å². The molecule has 0 spiro atoms. The Balaban J connectivity index is 1.52. The van der Waals surface area contributed by atoms with Crippen LogP contribution in [0.2, 0.25) is 0 Å². The first-order valence-electron chi connectivity index (χ1n) is 10.9. The van der Waals surface area contributed by atoms with Crippen molar-refractivity contribution in [3.8, 4) is 5.75 Å². The third-order valence-electron chi connectivity index (χ3n) is 6.00. The molecule has 0 radical (unpaired) electrons. The smallest absolute Gasteiger partial charge is 0.123 e. The average Bonchev–Trinajstić information content (AvgIpc) is 2.74. The maximum Gasteiger partial charge on any atom is 0.123 e. The Morgan fingerprint density at radius 1 is 1.00 bits per heavy atom. The fourth-order valence-electron chi connectivity index (χ4n) is 4.37. The van der Waals surface area contributed by atoms with Crippen molar-refractivity contribution in [2.75, 3.05) is 13.1 Å². The molecule has 2 atom stereocenters. The quantitative estimate of drug-likeness (QED) is 0.685. The number of phenols is 1. The Labute approximate surface area is 177 Å². The summed E-state index contributed by atoms with van der Waals surface area (Å²) in [5.41, 5.74) is 4.07. The van der Waals surface area contributed by atoms with Gasteiger partial charge in [-0.25, -0.2) is 0 Å². The van der Waals surface area contributed by atoms with Gasteiger partial charge in [0, 0.05) is 11.8 Å². The summed E-state index contributed by atoms with van der Waals surface area (Å²) in [5, 5.41) is 13.0. The fourth-order valence-corrected chi connectivity index (χ4v) is 5.61. The third-order valence-corrected chi connectivity index (χ3v) is 7.43. The summed E-state index contributed by atoms with van der Waals surface area (Å²) in [7, 11) is 0.492. The van der Waals surface area contributed by atoms with Gasteiger partial charge in [0.15, 0.2) is 0 Å². The SMILES string of the molecule is Cc1ccc(Pc2cc(CC3C=CC=CC3)ccc2O)c(CN2CCCCC2)c1. The molecule has 1 heterocycles. The Morgan fingerprint density at radius 3 is 2.66 bits per heavy atom. The monoisotopic (exact) mass is 405 g/mol. The van der Waals surface area contributed by atoms with Crippen LogP contribution < -0.4 is 10.6 Å². The molecule has 0 aromatic heterocycles. The van der Waals surface area contributed by atoms with E-state index in [1.54, 1.807) is 0 Å². The zero-order valence-electron chi connectivity index (χ0n) is 17.4. The van der Waals surface area contributed by atoms with Gasteiger partial charge in [0.2, 0.25) is 0 Å². The summed E-state index contributed by atoms with van der Waals surface area (Å²) in [6.07, 6.45) is 15.0. The Morgan fingerprint density at radius 2 is 1.86 bits per heavy atom. The molecular formula is C26H32NOP. The van der Waals surface area contributed by atoms with Crippen molar-refractivity contribution in [1.29, 1.82) is 0 Å². The topological polar surface area (TPSA) is 23.5 Å². The molecule has 152 valence electrons. The average molecular weight is 406 g/mol. The first-order chi connectivity index (χ1) is 14.2. The van der Waals surface area contributed by atoms with Gasteiger partial charge in [-0.15, -0.1) is 0 Å². The number of rotatable bonds is 6. The third kappa shape index (κ3) is 5.59. The van der Waals surface area contributed by atoms with E-state index < -0.39 is 0 Å². The molecular weight excluding hydrogens is 373 g/mol. The maximum absolute atomic E-state index is 10.5. The highest BCUT2D eigenvalue weighted by Gasteiger charge is 2.15. The van der Waals surface area contributed by atoms with Gasteiger partial charge in [0.25, 0.3) is 0 Å². The number of allylic oxidation sites excluding steroid dienone is 4. The van der Waals surface area contributed by atoms with Crippen molar-refractivity contribution in [3.63, 3.8) is 0 Å². The van der Waals surface area contributed by atoms with Crippen LogP contribution in [-0.4, -0.2) is 23.1 Å². The van der Waals surface area contributed by atoms with Gasteiger partial charge in [0.1, 0.15) is 5.75 Å². The zero-order chi connectivity index (χ0) is 20.1. The zero-order valence-corrected chi connectivity index (χ0v) is 18.4. The van der Waals surface area contributed by atoms with Crippen LogP contribution in [0.5, 0.6) is 5.75 Å². The Bertz CT molecular complexity index is 896. The van der Waals surface area contributed by atoms with E-state index in [2.05, 4.69) is 66.5 Å². The minimum absolute atomic E-state index is 0.427. The highest BCUT2D eigenvalue weighted by atomic mass is 31.1. The van der Waals surface area contributed by atoms with Crippen LogP contribution in [0.25, 0.3) is 0 Å². The summed E-state index contributed by atoms with van der Waals surface area (Å²) >= 11 is 0. The molecule has 1 aliphatic carbocycles. The molecule has 0 saturated carbocycles. The lowest BCUT2D eigenvalue weighted by Crippen LogP contribution is -2.30. The Hall–Kier alpha value is -1.89. The molecule has 2 aromatic carbocycles. The van der Waals surface area contributed by atoms with Crippen LogP contribution in [0.15, 0.2) is 60.7 Å². The first kappa shape index (κ1) is 20.4. The van der Waals surface area contributed by atoms with Crippen LogP contribution in [0, 0.1) is 12.8 Å². The molecule has 29 heavy (non-hydrogen) atoms. The number of hydrogen-bond donors (Lipinski definition) is 1. The fraction of sp³-hybridized carbons (Fsp3) is 0.385. The van der Waals surface area contributed by atoms with E-state index in [4.69, 9.17) is 0 Å². The van der Waals surface area contributed by atoms with E-state index in [1.807, 2.05) is 6.07 Å². The van der Waals surface area contributed by atoms with Crippen molar-refractivity contribution >= 4 is 19.2 Å². The summed E-state index contributed by atoms with van der Waals surface area (Å²) in [6.45, 7) is 5.63. The van der Waals surface area contributed by atoms with E-state index in [0.29, 0.717) is 20.2 Å². The van der Waals surface area contributed by atoms with Crippen molar-refractivity contribution in [1.82, 2.24) is 4.90 Å². The lowest BCUT2D eigenvalue weighted by atomic mass is 9.93. The molecule has 1 saturated heterocycles. The number of piperidine rings is 1. The molecule has 1 N–H and O–H groups in total. The van der Waals surface area contributed by atoms with Gasteiger partial charge < -0.3 is 5.11 Å². The lowest BCUT2D eigenvalue weighted by molar-refractivity contribution is 0.221. The number of hydrogen-bond acceptors (Lipinski definition) is 2. The highest BCUT2D eigenvalue weighted by molar-refractivity contribution is 7.55. The van der Waals surface area contributed by atoms with Crippen molar-refractivity contribution in [2.24, 2.45) is 5.92 Å². The summed E-state index contributed by atoms with van der Waals surface area (Å²) in [6, 6.07) is 13.0. The van der Waals surface area contributed by atoms with Crippen LogP contribution in [-0.2, 0) is 13.0 Å². The van der Waals surface area contributed by atoms with Crippen molar-refractivity contribution < 1.29 is 5.11 Å². The molecule has 3 heteroatoms. The summed E-state index contributed by atoms with van der Waals surface area (Å²) in [4.78, 5) is 2.59. The first-order valence-corrected chi connectivity index (χ1v) is 11.9. The number of phenolic OH excluding ortho intramolecular Hbond substituents is 1. The standard InChI is InChI=1S/C26H32NOP/c1-20-10-13-25(23(16-20)19-27-14-6-3-7-15-27)29-26-18-22(11-12-24(26)28)17-21-8-4-2-5-9-21/h2,4-5,8,10-13,16,18,21,28-29H,3,6-7,9,14-15,17,19H2,1H3. The van der Waals surface area contributed by atoms with E-state index in [9.17, 15) is 5.11 Å².